The van der Waals surface area contributed by atoms with Gasteiger partial charge in [0.05, 0.1) is 23.0 Å². The largest absolute Gasteiger partial charge is 0.464 e. The van der Waals surface area contributed by atoms with Gasteiger partial charge in [-0.3, -0.25) is 0 Å². The van der Waals surface area contributed by atoms with E-state index in [9.17, 15) is 4.79 Å². The Hall–Kier alpha value is -1.95. The molecule has 1 unspecified atom stereocenters. The van der Waals surface area contributed by atoms with E-state index in [2.05, 4.69) is 22.5 Å². The highest BCUT2D eigenvalue weighted by Crippen LogP contribution is 2.17. The average Bonchev–Trinajstić information content (AvgIpc) is 2.88. The van der Waals surface area contributed by atoms with Gasteiger partial charge in [0.25, 0.3) is 0 Å². The first kappa shape index (κ1) is 15.4. The molecule has 2 aromatic rings. The number of hydrogen-bond acceptors (Lipinski definition) is 4. The number of amides is 2. The predicted molar refractivity (Wildman–Crippen MR) is 84.6 cm³/mol. The summed E-state index contributed by atoms with van der Waals surface area (Å²) in [5.74, 6) is 2.53. The average molecular weight is 305 g/mol. The standard InChI is InChI=1S/C15H19N3O2S/c1-4-21-14-8-6-12(9-16-14)18-15(19)17-11(3)13-7-5-10(2)20-13/h5-9,11H,4H2,1-3H3,(H2,17,18,19). The highest BCUT2D eigenvalue weighted by molar-refractivity contribution is 7.99. The summed E-state index contributed by atoms with van der Waals surface area (Å²) in [4.78, 5) is 16.2. The van der Waals surface area contributed by atoms with Gasteiger partial charge in [-0.05, 0) is 43.9 Å². The Bertz CT molecular complexity index is 595. The molecule has 2 rings (SSSR count). The van der Waals surface area contributed by atoms with E-state index in [1.54, 1.807) is 18.0 Å². The fourth-order valence-electron chi connectivity index (χ4n) is 1.81. The van der Waals surface area contributed by atoms with Gasteiger partial charge in [-0.2, -0.15) is 0 Å². The van der Waals surface area contributed by atoms with Crippen molar-refractivity contribution in [2.24, 2.45) is 0 Å². The number of aryl methyl sites for hydroxylation is 1. The second kappa shape index (κ2) is 7.17. The van der Waals surface area contributed by atoms with Gasteiger partial charge in [-0.25, -0.2) is 9.78 Å². The van der Waals surface area contributed by atoms with Gasteiger partial charge in [-0.1, -0.05) is 6.92 Å². The Morgan fingerprint density at radius 2 is 2.19 bits per heavy atom. The number of carbonyl (C=O) groups is 1. The van der Waals surface area contributed by atoms with Crippen LogP contribution >= 0.6 is 11.8 Å². The highest BCUT2D eigenvalue weighted by atomic mass is 32.2. The zero-order chi connectivity index (χ0) is 15.2. The lowest BCUT2D eigenvalue weighted by Crippen LogP contribution is -2.31. The van der Waals surface area contributed by atoms with Crippen molar-refractivity contribution < 1.29 is 9.21 Å². The first-order chi connectivity index (χ1) is 10.1. The van der Waals surface area contributed by atoms with Crippen molar-refractivity contribution in [3.8, 4) is 0 Å². The van der Waals surface area contributed by atoms with Crippen molar-refractivity contribution in [1.82, 2.24) is 10.3 Å². The van der Waals surface area contributed by atoms with Crippen molar-refractivity contribution in [1.29, 1.82) is 0 Å². The van der Waals surface area contributed by atoms with Crippen LogP contribution in [0.3, 0.4) is 0 Å². The van der Waals surface area contributed by atoms with E-state index < -0.39 is 0 Å². The van der Waals surface area contributed by atoms with E-state index in [0.29, 0.717) is 5.69 Å². The van der Waals surface area contributed by atoms with Crippen LogP contribution in [0.4, 0.5) is 10.5 Å². The molecule has 0 aliphatic heterocycles. The molecule has 5 nitrogen and oxygen atoms in total. The maximum absolute atomic E-state index is 11.9. The number of urea groups is 1. The Morgan fingerprint density at radius 1 is 1.38 bits per heavy atom. The van der Waals surface area contributed by atoms with Crippen LogP contribution in [-0.2, 0) is 0 Å². The lowest BCUT2D eigenvalue weighted by molar-refractivity contribution is 0.247. The number of anilines is 1. The maximum atomic E-state index is 11.9. The Morgan fingerprint density at radius 3 is 2.76 bits per heavy atom. The zero-order valence-corrected chi connectivity index (χ0v) is 13.2. The summed E-state index contributed by atoms with van der Waals surface area (Å²) in [7, 11) is 0. The van der Waals surface area contributed by atoms with Crippen LogP contribution in [0, 0.1) is 6.92 Å². The normalized spacial score (nSPS) is 12.0. The Labute approximate surface area is 128 Å². The topological polar surface area (TPSA) is 67.2 Å². The first-order valence-electron chi connectivity index (χ1n) is 6.81. The molecule has 1 atom stereocenters. The minimum Gasteiger partial charge on any atom is -0.464 e. The summed E-state index contributed by atoms with van der Waals surface area (Å²) in [5.41, 5.74) is 0.663. The van der Waals surface area contributed by atoms with Gasteiger partial charge < -0.3 is 15.1 Å². The fourth-order valence-corrected chi connectivity index (χ4v) is 2.40. The van der Waals surface area contributed by atoms with E-state index in [0.717, 1.165) is 22.3 Å². The molecule has 2 aromatic heterocycles. The van der Waals surface area contributed by atoms with Crippen LogP contribution in [0.1, 0.15) is 31.4 Å². The second-order valence-corrected chi connectivity index (χ2v) is 5.87. The van der Waals surface area contributed by atoms with Crippen LogP contribution in [0.15, 0.2) is 39.9 Å². The monoisotopic (exact) mass is 305 g/mol. The van der Waals surface area contributed by atoms with Crippen LogP contribution < -0.4 is 10.6 Å². The van der Waals surface area contributed by atoms with E-state index in [1.807, 2.05) is 38.1 Å². The van der Waals surface area contributed by atoms with Gasteiger partial charge in [0, 0.05) is 0 Å². The van der Waals surface area contributed by atoms with Gasteiger partial charge >= 0.3 is 6.03 Å². The van der Waals surface area contributed by atoms with E-state index in [4.69, 9.17) is 4.42 Å². The summed E-state index contributed by atoms with van der Waals surface area (Å²) in [6.45, 7) is 5.82. The molecule has 0 fully saturated rings. The molecule has 2 amide bonds. The van der Waals surface area contributed by atoms with Crippen molar-refractivity contribution in [2.75, 3.05) is 11.1 Å². The van der Waals surface area contributed by atoms with Crippen molar-refractivity contribution in [2.45, 2.75) is 31.8 Å². The van der Waals surface area contributed by atoms with Gasteiger partial charge in [-0.15, -0.1) is 11.8 Å². The lowest BCUT2D eigenvalue weighted by Gasteiger charge is -2.12. The summed E-state index contributed by atoms with van der Waals surface area (Å²) in [5, 5.41) is 6.52. The molecular formula is C15H19N3O2S. The van der Waals surface area contributed by atoms with Crippen molar-refractivity contribution >= 4 is 23.5 Å². The summed E-state index contributed by atoms with van der Waals surface area (Å²) < 4.78 is 5.48. The minimum atomic E-state index is -0.283. The molecule has 2 heterocycles. The van der Waals surface area contributed by atoms with Crippen molar-refractivity contribution in [3.05, 3.63) is 42.0 Å². The number of carbonyl (C=O) groups excluding carboxylic acids is 1. The quantitative estimate of drug-likeness (QED) is 0.820. The third kappa shape index (κ3) is 4.53. The molecule has 0 saturated carbocycles. The van der Waals surface area contributed by atoms with E-state index in [1.165, 1.54) is 0 Å². The molecule has 0 aliphatic carbocycles. The molecule has 0 aliphatic rings. The van der Waals surface area contributed by atoms with E-state index >= 15 is 0 Å². The molecule has 21 heavy (non-hydrogen) atoms. The SMILES string of the molecule is CCSc1ccc(NC(=O)NC(C)c2ccc(C)o2)cn1. The van der Waals surface area contributed by atoms with Crippen LogP contribution in [0.2, 0.25) is 0 Å². The third-order valence-electron chi connectivity index (χ3n) is 2.82. The summed E-state index contributed by atoms with van der Waals surface area (Å²) in [6, 6.07) is 6.99. The lowest BCUT2D eigenvalue weighted by atomic mass is 10.2. The predicted octanol–water partition coefficient (Wildman–Crippen LogP) is 3.98. The maximum Gasteiger partial charge on any atom is 0.319 e. The Balaban J connectivity index is 1.89. The Kier molecular flexibility index (Phi) is 5.27. The molecule has 0 bridgehead atoms. The highest BCUT2D eigenvalue weighted by Gasteiger charge is 2.12. The third-order valence-corrected chi connectivity index (χ3v) is 3.65. The smallest absolute Gasteiger partial charge is 0.319 e. The number of aromatic nitrogens is 1. The molecule has 6 heteroatoms. The van der Waals surface area contributed by atoms with Crippen LogP contribution in [0.5, 0.6) is 0 Å². The van der Waals surface area contributed by atoms with Gasteiger partial charge in [0.1, 0.15) is 11.5 Å². The molecule has 0 saturated heterocycles. The summed E-state index contributed by atoms with van der Waals surface area (Å²) in [6.07, 6.45) is 1.65. The van der Waals surface area contributed by atoms with Gasteiger partial charge in [0.2, 0.25) is 0 Å². The summed E-state index contributed by atoms with van der Waals surface area (Å²) >= 11 is 1.66. The second-order valence-electron chi connectivity index (χ2n) is 4.59. The fraction of sp³-hybridized carbons (Fsp3) is 0.333. The molecule has 112 valence electrons. The number of nitrogens with one attached hydrogen (secondary N) is 2. The molecule has 0 spiro atoms. The number of pyridine rings is 1. The molecular weight excluding hydrogens is 286 g/mol. The van der Waals surface area contributed by atoms with E-state index in [-0.39, 0.29) is 12.1 Å². The van der Waals surface area contributed by atoms with Crippen LogP contribution in [-0.4, -0.2) is 16.8 Å². The zero-order valence-electron chi connectivity index (χ0n) is 12.3. The number of hydrogen-bond donors (Lipinski definition) is 2. The first-order valence-corrected chi connectivity index (χ1v) is 7.79. The minimum absolute atomic E-state index is 0.193. The number of thioether (sulfide) groups is 1. The van der Waals surface area contributed by atoms with Crippen LogP contribution in [0.25, 0.3) is 0 Å². The molecule has 0 radical (unpaired) electrons. The number of furan rings is 1. The molecule has 2 N–H and O–H groups in total. The molecule has 0 aromatic carbocycles. The van der Waals surface area contributed by atoms with Crippen molar-refractivity contribution in [3.63, 3.8) is 0 Å². The number of nitrogens with zero attached hydrogens (tertiary/aromatic N) is 1. The van der Waals surface area contributed by atoms with Gasteiger partial charge in [0.15, 0.2) is 0 Å². The number of rotatable bonds is 5.